The van der Waals surface area contributed by atoms with Gasteiger partial charge in [-0.2, -0.15) is 10.4 Å². The second-order valence-corrected chi connectivity index (χ2v) is 3.05. The second-order valence-electron chi connectivity index (χ2n) is 2.27. The second kappa shape index (κ2) is 5.19. The largest absolute Gasteiger partial charge is 0.448 e. The number of rotatable bonds is 3. The van der Waals surface area contributed by atoms with Gasteiger partial charge in [0.05, 0.1) is 12.3 Å². The van der Waals surface area contributed by atoms with Gasteiger partial charge in [0.1, 0.15) is 12.2 Å². The Labute approximate surface area is 88.5 Å². The molecule has 6 heteroatoms. The molecule has 0 aliphatic rings. The molecule has 5 nitrogen and oxygen atoms in total. The molecule has 1 aromatic heterocycles. The van der Waals surface area contributed by atoms with Crippen LogP contribution in [0.5, 0.6) is 0 Å². The number of hydrazone groups is 1. The number of hydrogen-bond acceptors (Lipinski definition) is 4. The number of furan rings is 1. The summed E-state index contributed by atoms with van der Waals surface area (Å²) in [7, 11) is 0. The molecule has 0 saturated carbocycles. The Hall–Kier alpha value is -1.61. The van der Waals surface area contributed by atoms with E-state index in [4.69, 9.17) is 9.68 Å². The molecule has 0 spiro atoms. The molecule has 1 aromatic rings. The number of nitriles is 1. The van der Waals surface area contributed by atoms with Gasteiger partial charge in [-0.1, -0.05) is 0 Å². The fraction of sp³-hybridized carbons (Fsp3) is 0.125. The van der Waals surface area contributed by atoms with Crippen molar-refractivity contribution in [2.45, 2.75) is 6.42 Å². The molecule has 72 valence electrons. The van der Waals surface area contributed by atoms with Crippen molar-refractivity contribution in [2.75, 3.05) is 0 Å². The third-order valence-electron chi connectivity index (χ3n) is 1.21. The minimum absolute atomic E-state index is 0.209. The van der Waals surface area contributed by atoms with Crippen LogP contribution >= 0.6 is 15.9 Å². The molecule has 0 saturated heterocycles. The molecule has 1 rings (SSSR count). The van der Waals surface area contributed by atoms with Gasteiger partial charge in [-0.25, -0.2) is 5.43 Å². The third-order valence-corrected chi connectivity index (χ3v) is 1.64. The predicted molar refractivity (Wildman–Crippen MR) is 52.4 cm³/mol. The van der Waals surface area contributed by atoms with Gasteiger partial charge >= 0.3 is 0 Å². The van der Waals surface area contributed by atoms with E-state index in [1.165, 1.54) is 6.21 Å². The summed E-state index contributed by atoms with van der Waals surface area (Å²) >= 11 is 3.12. The third kappa shape index (κ3) is 3.41. The van der Waals surface area contributed by atoms with Gasteiger partial charge in [-0.3, -0.25) is 4.79 Å². The van der Waals surface area contributed by atoms with Crippen LogP contribution < -0.4 is 5.43 Å². The lowest BCUT2D eigenvalue weighted by atomic mass is 10.5. The Morgan fingerprint density at radius 3 is 3.14 bits per heavy atom. The van der Waals surface area contributed by atoms with Gasteiger partial charge in [-0.15, -0.1) is 0 Å². The Kier molecular flexibility index (Phi) is 3.88. The molecule has 0 aromatic carbocycles. The first-order chi connectivity index (χ1) is 6.72. The number of nitrogens with zero attached hydrogens (tertiary/aromatic N) is 2. The van der Waals surface area contributed by atoms with Crippen LogP contribution in [0.2, 0.25) is 0 Å². The maximum atomic E-state index is 10.8. The lowest BCUT2D eigenvalue weighted by molar-refractivity contribution is -0.120. The summed E-state index contributed by atoms with van der Waals surface area (Å²) in [6.07, 6.45) is 1.14. The number of carbonyl (C=O) groups is 1. The zero-order valence-electron chi connectivity index (χ0n) is 7.03. The molecule has 0 atom stereocenters. The fourth-order valence-corrected chi connectivity index (χ4v) is 0.996. The Morgan fingerprint density at radius 2 is 2.57 bits per heavy atom. The van der Waals surface area contributed by atoms with Gasteiger partial charge in [0, 0.05) is 0 Å². The van der Waals surface area contributed by atoms with Crippen LogP contribution in [-0.4, -0.2) is 12.1 Å². The minimum atomic E-state index is -0.450. The molecule has 0 bridgehead atoms. The summed E-state index contributed by atoms with van der Waals surface area (Å²) in [5, 5.41) is 11.8. The Balaban J connectivity index is 2.42. The highest BCUT2D eigenvalue weighted by molar-refractivity contribution is 9.10. The quantitative estimate of drug-likeness (QED) is 0.655. The summed E-state index contributed by atoms with van der Waals surface area (Å²) < 4.78 is 5.66. The van der Waals surface area contributed by atoms with E-state index in [1.54, 1.807) is 18.2 Å². The maximum Gasteiger partial charge on any atom is 0.254 e. The molecule has 0 aliphatic carbocycles. The van der Waals surface area contributed by atoms with Crippen molar-refractivity contribution in [3.8, 4) is 6.07 Å². The van der Waals surface area contributed by atoms with Crippen LogP contribution in [0.25, 0.3) is 0 Å². The van der Waals surface area contributed by atoms with Crippen molar-refractivity contribution in [3.05, 3.63) is 22.6 Å². The molecular weight excluding hydrogens is 250 g/mol. The number of nitrogens with one attached hydrogen (secondary N) is 1. The van der Waals surface area contributed by atoms with Crippen LogP contribution in [0, 0.1) is 11.3 Å². The van der Waals surface area contributed by atoms with Crippen LogP contribution in [-0.2, 0) is 4.79 Å². The van der Waals surface area contributed by atoms with Crippen molar-refractivity contribution in [3.63, 3.8) is 0 Å². The first-order valence-corrected chi connectivity index (χ1v) is 4.46. The molecule has 1 heterocycles. The molecule has 1 N–H and O–H groups in total. The summed E-state index contributed by atoms with van der Waals surface area (Å²) in [6.45, 7) is 0. The number of halogens is 1. The summed E-state index contributed by atoms with van der Waals surface area (Å²) in [6, 6.07) is 5.09. The lowest BCUT2D eigenvalue weighted by Gasteiger charge is -1.90. The van der Waals surface area contributed by atoms with Gasteiger partial charge < -0.3 is 4.42 Å². The SMILES string of the molecule is N#CCC(=O)NN=Cc1ccc(Br)o1. The van der Waals surface area contributed by atoms with Crippen LogP contribution in [0.1, 0.15) is 12.2 Å². The zero-order chi connectivity index (χ0) is 10.4. The van der Waals surface area contributed by atoms with E-state index >= 15 is 0 Å². The van der Waals surface area contributed by atoms with E-state index in [-0.39, 0.29) is 6.42 Å². The van der Waals surface area contributed by atoms with E-state index in [0.717, 1.165) is 0 Å². The molecule has 0 radical (unpaired) electrons. The summed E-state index contributed by atoms with van der Waals surface area (Å²) in [5.41, 5.74) is 2.17. The lowest BCUT2D eigenvalue weighted by Crippen LogP contribution is -2.15. The molecular formula is C8H6BrN3O2. The first-order valence-electron chi connectivity index (χ1n) is 3.66. The predicted octanol–water partition coefficient (Wildman–Crippen LogP) is 1.41. The van der Waals surface area contributed by atoms with Gasteiger partial charge in [0.15, 0.2) is 4.67 Å². The minimum Gasteiger partial charge on any atom is -0.448 e. The Bertz CT molecular complexity index is 392. The van der Waals surface area contributed by atoms with Crippen LogP contribution in [0.15, 0.2) is 26.3 Å². The average molecular weight is 256 g/mol. The smallest absolute Gasteiger partial charge is 0.254 e. The highest BCUT2D eigenvalue weighted by Gasteiger charge is 1.97. The van der Waals surface area contributed by atoms with E-state index in [1.807, 2.05) is 0 Å². The average Bonchev–Trinajstić information content (AvgIpc) is 2.52. The van der Waals surface area contributed by atoms with Crippen molar-refractivity contribution in [1.82, 2.24) is 5.43 Å². The molecule has 14 heavy (non-hydrogen) atoms. The van der Waals surface area contributed by atoms with Crippen LogP contribution in [0.4, 0.5) is 0 Å². The monoisotopic (exact) mass is 255 g/mol. The summed E-state index contributed by atoms with van der Waals surface area (Å²) in [4.78, 5) is 10.8. The highest BCUT2D eigenvalue weighted by atomic mass is 79.9. The van der Waals surface area contributed by atoms with Gasteiger partial charge in [0.2, 0.25) is 0 Å². The fourth-order valence-electron chi connectivity index (χ4n) is 0.677. The highest BCUT2D eigenvalue weighted by Crippen LogP contribution is 2.11. The van der Waals surface area contributed by atoms with E-state index < -0.39 is 5.91 Å². The van der Waals surface area contributed by atoms with E-state index in [9.17, 15) is 4.79 Å². The Morgan fingerprint density at radius 1 is 1.79 bits per heavy atom. The molecule has 0 aliphatic heterocycles. The number of amides is 1. The van der Waals surface area contributed by atoms with E-state index in [2.05, 4.69) is 26.5 Å². The van der Waals surface area contributed by atoms with Crippen molar-refractivity contribution >= 4 is 28.1 Å². The normalized spacial score (nSPS) is 10.0. The molecule has 0 fully saturated rings. The topological polar surface area (TPSA) is 78.4 Å². The van der Waals surface area contributed by atoms with E-state index in [0.29, 0.717) is 10.4 Å². The zero-order valence-corrected chi connectivity index (χ0v) is 8.61. The van der Waals surface area contributed by atoms with Crippen molar-refractivity contribution < 1.29 is 9.21 Å². The number of carbonyl (C=O) groups excluding carboxylic acids is 1. The van der Waals surface area contributed by atoms with Crippen molar-refractivity contribution in [2.24, 2.45) is 5.10 Å². The first kappa shape index (κ1) is 10.5. The summed E-state index contributed by atoms with van der Waals surface area (Å²) in [5.74, 6) is 0.0588. The molecule has 1 amide bonds. The van der Waals surface area contributed by atoms with Gasteiger partial charge in [0.25, 0.3) is 5.91 Å². The van der Waals surface area contributed by atoms with Gasteiger partial charge in [-0.05, 0) is 28.1 Å². The molecule has 0 unspecified atom stereocenters. The maximum absolute atomic E-state index is 10.8. The van der Waals surface area contributed by atoms with Crippen molar-refractivity contribution in [1.29, 1.82) is 5.26 Å². The number of hydrogen-bond donors (Lipinski definition) is 1. The van der Waals surface area contributed by atoms with Crippen LogP contribution in [0.3, 0.4) is 0 Å². The standard InChI is InChI=1S/C8H6BrN3O2/c9-7-2-1-6(14-7)5-11-12-8(13)3-4-10/h1-2,5H,3H2,(H,12,13).